The normalized spacial score (nSPS) is 17.4. The fraction of sp³-hybridized carbons (Fsp3) is 0.444. The van der Waals surface area contributed by atoms with Gasteiger partial charge in [0.25, 0.3) is 5.69 Å². The molecule has 0 aliphatic heterocycles. The summed E-state index contributed by atoms with van der Waals surface area (Å²) >= 11 is 2.87. The zero-order valence-electron chi connectivity index (χ0n) is 14.4. The molecule has 1 aliphatic rings. The number of thiophene rings is 2. The Balaban J connectivity index is 1.88. The van der Waals surface area contributed by atoms with Gasteiger partial charge in [-0.25, -0.2) is 4.99 Å². The van der Waals surface area contributed by atoms with Gasteiger partial charge in [-0.05, 0) is 36.2 Å². The van der Waals surface area contributed by atoms with Crippen molar-refractivity contribution in [3.8, 4) is 6.07 Å². The summed E-state index contributed by atoms with van der Waals surface area (Å²) in [6, 6.07) is 3.81. The Kier molecular flexibility index (Phi) is 4.76. The average molecular weight is 374 g/mol. The highest BCUT2D eigenvalue weighted by atomic mass is 32.1. The monoisotopic (exact) mass is 373 g/mol. The van der Waals surface area contributed by atoms with Crippen LogP contribution in [0.25, 0.3) is 0 Å². The molecule has 0 amide bonds. The fourth-order valence-corrected chi connectivity index (χ4v) is 5.08. The molecule has 0 saturated carbocycles. The topological polar surface area (TPSA) is 79.3 Å². The number of hydrogen-bond donors (Lipinski definition) is 0. The Morgan fingerprint density at radius 1 is 1.48 bits per heavy atom. The van der Waals surface area contributed by atoms with Crippen LogP contribution in [0.15, 0.2) is 16.4 Å². The maximum absolute atomic E-state index is 10.8. The lowest BCUT2D eigenvalue weighted by Crippen LogP contribution is -2.26. The molecule has 1 unspecified atom stereocenters. The minimum Gasteiger partial charge on any atom is -0.258 e. The molecule has 0 N–H and O–H groups in total. The third kappa shape index (κ3) is 3.65. The lowest BCUT2D eigenvalue weighted by molar-refractivity contribution is -0.384. The van der Waals surface area contributed by atoms with Gasteiger partial charge in [0.15, 0.2) is 0 Å². The molecular formula is C18H19N3O2S2. The molecule has 0 fully saturated rings. The average Bonchev–Trinajstić information content (AvgIpc) is 3.15. The minimum absolute atomic E-state index is 0.0745. The molecule has 25 heavy (non-hydrogen) atoms. The summed E-state index contributed by atoms with van der Waals surface area (Å²) < 4.78 is 0. The standard InChI is InChI=1S/C18H19N3O2S2/c1-18(2,3)11-4-5-14-15(8-19)17(25-16(14)6-11)20-9-13-7-12(10-24-13)21(22)23/h7,9-11H,4-6H2,1-3H3. The first-order valence-corrected chi connectivity index (χ1v) is 9.81. The Bertz CT molecular complexity index is 881. The van der Waals surface area contributed by atoms with E-state index < -0.39 is 4.92 Å². The van der Waals surface area contributed by atoms with Gasteiger partial charge in [0.1, 0.15) is 11.1 Å². The van der Waals surface area contributed by atoms with E-state index in [9.17, 15) is 15.4 Å². The maximum Gasteiger partial charge on any atom is 0.280 e. The molecule has 0 radical (unpaired) electrons. The Hall–Kier alpha value is -2.04. The van der Waals surface area contributed by atoms with E-state index >= 15 is 0 Å². The highest BCUT2D eigenvalue weighted by Gasteiger charge is 2.32. The van der Waals surface area contributed by atoms with E-state index in [2.05, 4.69) is 31.8 Å². The number of fused-ring (bicyclic) bond motifs is 1. The molecule has 1 aliphatic carbocycles. The summed E-state index contributed by atoms with van der Waals surface area (Å²) in [6.45, 7) is 6.80. The SMILES string of the molecule is CC(C)(C)C1CCc2c(sc(N=Cc3cc([N+](=O)[O-])cs3)c2C#N)C1. The van der Waals surface area contributed by atoms with E-state index in [1.165, 1.54) is 27.7 Å². The van der Waals surface area contributed by atoms with Crippen molar-refractivity contribution >= 4 is 39.6 Å². The highest BCUT2D eigenvalue weighted by Crippen LogP contribution is 2.44. The van der Waals surface area contributed by atoms with Crippen LogP contribution >= 0.6 is 22.7 Å². The molecule has 0 aromatic carbocycles. The summed E-state index contributed by atoms with van der Waals surface area (Å²) in [6.07, 6.45) is 4.65. The van der Waals surface area contributed by atoms with Crippen LogP contribution in [0.5, 0.6) is 0 Å². The van der Waals surface area contributed by atoms with Crippen molar-refractivity contribution in [2.24, 2.45) is 16.3 Å². The molecule has 2 heterocycles. The van der Waals surface area contributed by atoms with Crippen LogP contribution < -0.4 is 0 Å². The number of aliphatic imine (C=N–C) groups is 1. The quantitative estimate of drug-likeness (QED) is 0.405. The summed E-state index contributed by atoms with van der Waals surface area (Å²) in [7, 11) is 0. The highest BCUT2D eigenvalue weighted by molar-refractivity contribution is 7.16. The molecule has 0 bridgehead atoms. The van der Waals surface area contributed by atoms with Crippen LogP contribution in [0.3, 0.4) is 0 Å². The van der Waals surface area contributed by atoms with Crippen LogP contribution in [0, 0.1) is 32.8 Å². The molecule has 0 saturated heterocycles. The van der Waals surface area contributed by atoms with Crippen molar-refractivity contribution in [3.05, 3.63) is 42.4 Å². The van der Waals surface area contributed by atoms with Crippen molar-refractivity contribution in [2.45, 2.75) is 40.0 Å². The molecular weight excluding hydrogens is 354 g/mol. The summed E-state index contributed by atoms with van der Waals surface area (Å²) in [4.78, 5) is 16.8. The van der Waals surface area contributed by atoms with Gasteiger partial charge in [-0.1, -0.05) is 20.8 Å². The van der Waals surface area contributed by atoms with Crippen LogP contribution in [0.1, 0.15) is 48.1 Å². The molecule has 5 nitrogen and oxygen atoms in total. The van der Waals surface area contributed by atoms with Gasteiger partial charge in [-0.15, -0.1) is 22.7 Å². The van der Waals surface area contributed by atoms with Crippen LogP contribution in [-0.2, 0) is 12.8 Å². The molecule has 7 heteroatoms. The zero-order valence-corrected chi connectivity index (χ0v) is 16.0. The van der Waals surface area contributed by atoms with Gasteiger partial charge in [0.05, 0.1) is 20.7 Å². The van der Waals surface area contributed by atoms with E-state index in [0.717, 1.165) is 34.7 Å². The number of hydrogen-bond acceptors (Lipinski definition) is 6. The Morgan fingerprint density at radius 3 is 2.84 bits per heavy atom. The molecule has 1 atom stereocenters. The third-order valence-corrected chi connectivity index (χ3v) is 6.73. The number of nitrogens with zero attached hydrogens (tertiary/aromatic N) is 3. The number of rotatable bonds is 3. The van der Waals surface area contributed by atoms with Gasteiger partial charge < -0.3 is 0 Å². The largest absolute Gasteiger partial charge is 0.280 e. The first-order chi connectivity index (χ1) is 11.8. The zero-order chi connectivity index (χ0) is 18.2. The lowest BCUT2D eigenvalue weighted by Gasteiger charge is -2.33. The lowest BCUT2D eigenvalue weighted by atomic mass is 9.72. The van der Waals surface area contributed by atoms with Crippen molar-refractivity contribution in [2.75, 3.05) is 0 Å². The minimum atomic E-state index is -0.412. The molecule has 2 aromatic heterocycles. The summed E-state index contributed by atoms with van der Waals surface area (Å²) in [5, 5.41) is 22.5. The Morgan fingerprint density at radius 2 is 2.24 bits per heavy atom. The van der Waals surface area contributed by atoms with E-state index in [-0.39, 0.29) is 11.1 Å². The number of nitro groups is 1. The first kappa shape index (κ1) is 17.8. The first-order valence-electron chi connectivity index (χ1n) is 8.11. The van der Waals surface area contributed by atoms with Gasteiger partial charge in [-0.3, -0.25) is 10.1 Å². The second-order valence-electron chi connectivity index (χ2n) is 7.32. The number of nitriles is 1. The second-order valence-corrected chi connectivity index (χ2v) is 9.35. The van der Waals surface area contributed by atoms with E-state index in [1.54, 1.807) is 17.6 Å². The predicted molar refractivity (Wildman–Crippen MR) is 102 cm³/mol. The van der Waals surface area contributed by atoms with Gasteiger partial charge in [0.2, 0.25) is 0 Å². The van der Waals surface area contributed by atoms with Gasteiger partial charge in [0, 0.05) is 17.2 Å². The second kappa shape index (κ2) is 6.70. The van der Waals surface area contributed by atoms with E-state index in [0.29, 0.717) is 11.5 Å². The van der Waals surface area contributed by atoms with Crippen LogP contribution in [-0.4, -0.2) is 11.1 Å². The van der Waals surface area contributed by atoms with Crippen molar-refractivity contribution in [1.29, 1.82) is 5.26 Å². The van der Waals surface area contributed by atoms with E-state index in [4.69, 9.17) is 0 Å². The van der Waals surface area contributed by atoms with Crippen LogP contribution in [0.4, 0.5) is 10.7 Å². The van der Waals surface area contributed by atoms with E-state index in [1.807, 2.05) is 0 Å². The van der Waals surface area contributed by atoms with Crippen molar-refractivity contribution < 1.29 is 4.92 Å². The summed E-state index contributed by atoms with van der Waals surface area (Å²) in [5.74, 6) is 0.613. The Labute approximate surface area is 154 Å². The molecule has 2 aromatic rings. The van der Waals surface area contributed by atoms with Gasteiger partial charge in [-0.2, -0.15) is 5.26 Å². The molecule has 0 spiro atoms. The van der Waals surface area contributed by atoms with Crippen LogP contribution in [0.2, 0.25) is 0 Å². The van der Waals surface area contributed by atoms with Crippen molar-refractivity contribution in [1.82, 2.24) is 0 Å². The summed E-state index contributed by atoms with van der Waals surface area (Å²) in [5.41, 5.74) is 2.16. The predicted octanol–water partition coefficient (Wildman–Crippen LogP) is 5.49. The molecule has 3 rings (SSSR count). The van der Waals surface area contributed by atoms with Crippen molar-refractivity contribution in [3.63, 3.8) is 0 Å². The third-order valence-electron chi connectivity index (χ3n) is 4.71. The molecule has 130 valence electrons. The fourth-order valence-electron chi connectivity index (χ4n) is 3.14. The smallest absolute Gasteiger partial charge is 0.258 e. The maximum atomic E-state index is 10.8. The van der Waals surface area contributed by atoms with Gasteiger partial charge >= 0.3 is 0 Å².